The highest BCUT2D eigenvalue weighted by Gasteiger charge is 2.40. The molecule has 0 radical (unpaired) electrons. The lowest BCUT2D eigenvalue weighted by Crippen LogP contribution is -2.40. The molecule has 0 saturated carbocycles. The number of aldehydes is 1. The highest BCUT2D eigenvalue weighted by atomic mass is 16.5. The molecular weight excluding hydrogens is 240 g/mol. The lowest BCUT2D eigenvalue weighted by molar-refractivity contribution is -0.112. The fourth-order valence-corrected chi connectivity index (χ4v) is 2.82. The molecule has 1 aromatic carbocycles. The van der Waals surface area contributed by atoms with Gasteiger partial charge in [-0.1, -0.05) is 12.1 Å². The highest BCUT2D eigenvalue weighted by Crippen LogP contribution is 2.32. The van der Waals surface area contributed by atoms with Crippen molar-refractivity contribution in [3.8, 4) is 5.75 Å². The average molecular weight is 262 g/mol. The van der Waals surface area contributed by atoms with Crippen LogP contribution in [0.15, 0.2) is 24.3 Å². The Bertz CT molecular complexity index is 442. The minimum Gasteiger partial charge on any atom is -0.497 e. The molecular formula is C15H22N2O2. The zero-order valence-electron chi connectivity index (χ0n) is 11.8. The van der Waals surface area contributed by atoms with Crippen molar-refractivity contribution in [2.24, 2.45) is 5.73 Å². The zero-order valence-corrected chi connectivity index (χ0v) is 11.8. The zero-order chi connectivity index (χ0) is 14.0. The van der Waals surface area contributed by atoms with E-state index in [9.17, 15) is 4.79 Å². The van der Waals surface area contributed by atoms with Gasteiger partial charge in [0.2, 0.25) is 0 Å². The first-order valence-corrected chi connectivity index (χ1v) is 6.61. The summed E-state index contributed by atoms with van der Waals surface area (Å²) >= 11 is 0. The fourth-order valence-electron chi connectivity index (χ4n) is 2.82. The minimum atomic E-state index is -0.285. The Morgan fingerprint density at radius 1 is 1.47 bits per heavy atom. The molecule has 0 bridgehead atoms. The van der Waals surface area contributed by atoms with Crippen LogP contribution in [0.25, 0.3) is 0 Å². The average Bonchev–Trinajstić information content (AvgIpc) is 2.73. The number of nitrogens with two attached hydrogens (primary N) is 1. The van der Waals surface area contributed by atoms with E-state index in [0.29, 0.717) is 0 Å². The number of carbonyl (C=O) groups excluding carboxylic acids is 1. The maximum atomic E-state index is 11.2. The Morgan fingerprint density at radius 2 is 2.11 bits per heavy atom. The molecule has 1 aliphatic rings. The summed E-state index contributed by atoms with van der Waals surface area (Å²) in [5, 5.41) is 0. The second kappa shape index (κ2) is 5.31. The van der Waals surface area contributed by atoms with Gasteiger partial charge in [0.25, 0.3) is 0 Å². The molecule has 3 atom stereocenters. The fraction of sp³-hybridized carbons (Fsp3) is 0.533. The first-order chi connectivity index (χ1) is 8.96. The normalized spacial score (nSPS) is 29.2. The maximum Gasteiger partial charge on any atom is 0.137 e. The number of carbonyl (C=O) groups is 1. The van der Waals surface area contributed by atoms with Gasteiger partial charge in [0.15, 0.2) is 0 Å². The molecule has 0 amide bonds. The molecule has 104 valence electrons. The second-order valence-electron chi connectivity index (χ2n) is 5.68. The largest absolute Gasteiger partial charge is 0.497 e. The molecule has 0 aromatic heterocycles. The van der Waals surface area contributed by atoms with Crippen LogP contribution in [0.2, 0.25) is 0 Å². The number of likely N-dealkylation sites (tertiary alicyclic amines) is 1. The summed E-state index contributed by atoms with van der Waals surface area (Å²) in [5.74, 6) is 0.841. The number of methoxy groups -OCH3 is 1. The molecule has 19 heavy (non-hydrogen) atoms. The molecule has 4 heteroatoms. The lowest BCUT2D eigenvalue weighted by Gasteiger charge is -2.28. The van der Waals surface area contributed by atoms with Crippen molar-refractivity contribution in [3.63, 3.8) is 0 Å². The van der Waals surface area contributed by atoms with Gasteiger partial charge in [0.1, 0.15) is 12.0 Å². The van der Waals surface area contributed by atoms with Crippen molar-refractivity contribution in [2.45, 2.75) is 37.9 Å². The summed E-state index contributed by atoms with van der Waals surface area (Å²) in [6, 6.07) is 8.05. The number of hydrogen-bond donors (Lipinski definition) is 1. The monoisotopic (exact) mass is 262 g/mol. The van der Waals surface area contributed by atoms with Gasteiger partial charge in [-0.15, -0.1) is 0 Å². The van der Waals surface area contributed by atoms with Gasteiger partial charge < -0.3 is 15.3 Å². The maximum absolute atomic E-state index is 11.2. The third kappa shape index (κ3) is 2.96. The molecule has 2 rings (SSSR count). The Kier molecular flexibility index (Phi) is 3.92. The van der Waals surface area contributed by atoms with Gasteiger partial charge in [0.05, 0.1) is 13.2 Å². The van der Waals surface area contributed by atoms with Gasteiger partial charge in [-0.2, -0.15) is 0 Å². The van der Waals surface area contributed by atoms with Crippen molar-refractivity contribution in [1.29, 1.82) is 0 Å². The third-order valence-corrected chi connectivity index (χ3v) is 3.90. The van der Waals surface area contributed by atoms with Gasteiger partial charge >= 0.3 is 0 Å². The molecule has 2 unspecified atom stereocenters. The van der Waals surface area contributed by atoms with E-state index >= 15 is 0 Å². The van der Waals surface area contributed by atoms with Crippen LogP contribution < -0.4 is 10.5 Å². The summed E-state index contributed by atoms with van der Waals surface area (Å²) in [7, 11) is 1.65. The summed E-state index contributed by atoms with van der Waals surface area (Å²) < 4.78 is 5.16. The molecule has 1 aliphatic heterocycles. The molecule has 0 spiro atoms. The van der Waals surface area contributed by atoms with Crippen molar-refractivity contribution in [2.75, 3.05) is 13.7 Å². The first kappa shape index (κ1) is 14.0. The standard InChI is InChI=1S/C15H22N2O2/c1-11(12-4-6-14(19-3)7-5-12)17-10-15(2,16)8-13(17)9-18/h4-7,9,11,13H,8,10,16H2,1-3H3/t11-,13?,15?/m0/s1. The van der Waals surface area contributed by atoms with Crippen molar-refractivity contribution in [1.82, 2.24) is 4.90 Å². The van der Waals surface area contributed by atoms with Crippen LogP contribution >= 0.6 is 0 Å². The first-order valence-electron chi connectivity index (χ1n) is 6.61. The summed E-state index contributed by atoms with van der Waals surface area (Å²) in [6.45, 7) is 4.85. The van der Waals surface area contributed by atoms with Crippen LogP contribution in [-0.4, -0.2) is 36.4 Å². The van der Waals surface area contributed by atoms with Crippen LogP contribution in [0.4, 0.5) is 0 Å². The summed E-state index contributed by atoms with van der Waals surface area (Å²) in [6.07, 6.45) is 1.73. The molecule has 1 heterocycles. The number of nitrogens with zero attached hydrogens (tertiary/aromatic N) is 1. The molecule has 0 aliphatic carbocycles. The van der Waals surface area contributed by atoms with E-state index in [-0.39, 0.29) is 17.6 Å². The Morgan fingerprint density at radius 3 is 2.63 bits per heavy atom. The van der Waals surface area contributed by atoms with Crippen LogP contribution in [-0.2, 0) is 4.79 Å². The van der Waals surface area contributed by atoms with Crippen LogP contribution in [0.3, 0.4) is 0 Å². The van der Waals surface area contributed by atoms with Gasteiger partial charge in [0, 0.05) is 18.1 Å². The van der Waals surface area contributed by atoms with E-state index in [4.69, 9.17) is 10.5 Å². The van der Waals surface area contributed by atoms with E-state index in [1.165, 1.54) is 5.56 Å². The third-order valence-electron chi connectivity index (χ3n) is 3.90. The van der Waals surface area contributed by atoms with Crippen LogP contribution in [0.5, 0.6) is 5.75 Å². The van der Waals surface area contributed by atoms with Crippen molar-refractivity contribution in [3.05, 3.63) is 29.8 Å². The quantitative estimate of drug-likeness (QED) is 0.840. The van der Waals surface area contributed by atoms with E-state index in [2.05, 4.69) is 11.8 Å². The van der Waals surface area contributed by atoms with E-state index in [0.717, 1.165) is 25.0 Å². The van der Waals surface area contributed by atoms with E-state index in [1.54, 1.807) is 7.11 Å². The Balaban J connectivity index is 2.17. The number of benzene rings is 1. The number of ether oxygens (including phenoxy) is 1. The smallest absolute Gasteiger partial charge is 0.137 e. The van der Waals surface area contributed by atoms with E-state index < -0.39 is 0 Å². The number of rotatable bonds is 4. The van der Waals surface area contributed by atoms with Crippen molar-refractivity contribution < 1.29 is 9.53 Å². The van der Waals surface area contributed by atoms with Crippen molar-refractivity contribution >= 4 is 6.29 Å². The predicted octanol–water partition coefficient (Wildman–Crippen LogP) is 1.75. The Labute approximate surface area is 114 Å². The minimum absolute atomic E-state index is 0.0906. The van der Waals surface area contributed by atoms with Gasteiger partial charge in [-0.3, -0.25) is 4.90 Å². The Hall–Kier alpha value is -1.39. The van der Waals surface area contributed by atoms with Gasteiger partial charge in [-0.25, -0.2) is 0 Å². The lowest BCUT2D eigenvalue weighted by atomic mass is 10.0. The molecule has 1 saturated heterocycles. The van der Waals surface area contributed by atoms with Gasteiger partial charge in [-0.05, 0) is 38.0 Å². The summed E-state index contributed by atoms with van der Waals surface area (Å²) in [4.78, 5) is 13.4. The topological polar surface area (TPSA) is 55.6 Å². The predicted molar refractivity (Wildman–Crippen MR) is 75.2 cm³/mol. The summed E-state index contributed by atoms with van der Waals surface area (Å²) in [5.41, 5.74) is 7.06. The molecule has 1 aromatic rings. The van der Waals surface area contributed by atoms with E-state index in [1.807, 2.05) is 31.2 Å². The molecule has 4 nitrogen and oxygen atoms in total. The SMILES string of the molecule is COc1ccc([C@H](C)N2CC(C)(N)CC2C=O)cc1. The molecule has 2 N–H and O–H groups in total. The molecule has 1 fully saturated rings. The van der Waals surface area contributed by atoms with Crippen LogP contribution in [0, 0.1) is 0 Å². The number of hydrogen-bond acceptors (Lipinski definition) is 4. The van der Waals surface area contributed by atoms with Crippen LogP contribution in [0.1, 0.15) is 31.9 Å². The second-order valence-corrected chi connectivity index (χ2v) is 5.68. The highest BCUT2D eigenvalue weighted by molar-refractivity contribution is 5.59.